The molecule has 148 valence electrons. The van der Waals surface area contributed by atoms with Gasteiger partial charge in [-0.25, -0.2) is 13.2 Å². The Labute approximate surface area is 155 Å². The van der Waals surface area contributed by atoms with Crippen LogP contribution >= 0.6 is 0 Å². The molecule has 0 aliphatic carbocycles. The van der Waals surface area contributed by atoms with Crippen molar-refractivity contribution in [2.75, 3.05) is 20.1 Å². The van der Waals surface area contributed by atoms with E-state index in [1.165, 1.54) is 24.3 Å². The second-order valence-corrected chi connectivity index (χ2v) is 7.76. The molecule has 1 heterocycles. The lowest BCUT2D eigenvalue weighted by atomic mass is 10.3. The van der Waals surface area contributed by atoms with Gasteiger partial charge in [0.05, 0.1) is 9.82 Å². The summed E-state index contributed by atoms with van der Waals surface area (Å²) in [6.45, 7) is 2.03. The number of nitrogens with one attached hydrogen (secondary N) is 2. The van der Waals surface area contributed by atoms with Crippen molar-refractivity contribution in [1.82, 2.24) is 14.9 Å². The third-order valence-corrected chi connectivity index (χ3v) is 5.86. The van der Waals surface area contributed by atoms with Crippen LogP contribution in [0, 0.1) is 10.1 Å². The summed E-state index contributed by atoms with van der Waals surface area (Å²) >= 11 is 0. The Morgan fingerprint density at radius 2 is 1.93 bits per heavy atom. The minimum Gasteiger partial charge on any atom is -0.474 e. The average Bonchev–Trinajstić information content (AvgIpc) is 3.16. The molecule has 0 aromatic heterocycles. The van der Waals surface area contributed by atoms with Crippen LogP contribution in [0.3, 0.4) is 0 Å². The number of imide groups is 1. The zero-order valence-electron chi connectivity index (χ0n) is 14.8. The molecule has 2 rings (SSSR count). The predicted octanol–water partition coefficient (Wildman–Crippen LogP) is 0.602. The van der Waals surface area contributed by atoms with E-state index in [9.17, 15) is 28.1 Å². The van der Waals surface area contributed by atoms with E-state index in [-0.39, 0.29) is 10.6 Å². The molecular formula is C15H20N4O7S. The average molecular weight is 400 g/mol. The van der Waals surface area contributed by atoms with Crippen molar-refractivity contribution >= 4 is 27.6 Å². The van der Waals surface area contributed by atoms with E-state index in [2.05, 4.69) is 5.32 Å². The summed E-state index contributed by atoms with van der Waals surface area (Å²) in [6.07, 6.45) is 0.253. The smallest absolute Gasteiger partial charge is 0.321 e. The highest BCUT2D eigenvalue weighted by atomic mass is 32.2. The van der Waals surface area contributed by atoms with Crippen LogP contribution < -0.4 is 15.4 Å². The Bertz CT molecular complexity index is 850. The number of amides is 3. The van der Waals surface area contributed by atoms with E-state index in [4.69, 9.17) is 4.74 Å². The van der Waals surface area contributed by atoms with Crippen molar-refractivity contribution in [3.05, 3.63) is 28.3 Å². The van der Waals surface area contributed by atoms with Crippen molar-refractivity contribution in [3.8, 4) is 5.75 Å². The number of nitro benzene ring substituents is 1. The maximum atomic E-state index is 12.6. The summed E-state index contributed by atoms with van der Waals surface area (Å²) in [6, 6.07) is 2.48. The molecule has 3 amide bonds. The minimum atomic E-state index is -3.83. The van der Waals surface area contributed by atoms with Crippen molar-refractivity contribution in [3.63, 3.8) is 0 Å². The Morgan fingerprint density at radius 3 is 2.48 bits per heavy atom. The zero-order valence-corrected chi connectivity index (χ0v) is 15.6. The van der Waals surface area contributed by atoms with Crippen LogP contribution in [0.4, 0.5) is 10.5 Å². The SMILES string of the molecule is CNC(=O)NC(=O)C(C)Oc1ccc(S(=O)(=O)N2CCCC2)cc1[N+](=O)[O-]. The topological polar surface area (TPSA) is 148 Å². The fourth-order valence-electron chi connectivity index (χ4n) is 2.50. The number of carbonyl (C=O) groups is 2. The van der Waals surface area contributed by atoms with E-state index in [0.717, 1.165) is 25.0 Å². The largest absolute Gasteiger partial charge is 0.474 e. The van der Waals surface area contributed by atoms with Gasteiger partial charge in [0.15, 0.2) is 11.9 Å². The molecule has 1 aliphatic rings. The molecule has 0 saturated carbocycles. The minimum absolute atomic E-state index is 0.217. The first kappa shape index (κ1) is 20.6. The summed E-state index contributed by atoms with van der Waals surface area (Å²) in [5.74, 6) is -1.09. The van der Waals surface area contributed by atoms with Gasteiger partial charge in [-0.15, -0.1) is 0 Å². The van der Waals surface area contributed by atoms with Gasteiger partial charge in [0.2, 0.25) is 10.0 Å². The lowest BCUT2D eigenvalue weighted by molar-refractivity contribution is -0.386. The quantitative estimate of drug-likeness (QED) is 0.525. The number of ether oxygens (including phenoxy) is 1. The lowest BCUT2D eigenvalue weighted by Gasteiger charge is -2.17. The fourth-order valence-corrected chi connectivity index (χ4v) is 4.04. The Hall–Kier alpha value is -2.73. The normalized spacial score (nSPS) is 15.8. The third kappa shape index (κ3) is 4.71. The van der Waals surface area contributed by atoms with Crippen LogP contribution in [-0.2, 0) is 14.8 Å². The first-order valence-electron chi connectivity index (χ1n) is 8.14. The van der Waals surface area contributed by atoms with Crippen molar-refractivity contribution in [2.24, 2.45) is 0 Å². The number of sulfonamides is 1. The van der Waals surface area contributed by atoms with E-state index < -0.39 is 38.7 Å². The maximum Gasteiger partial charge on any atom is 0.321 e. The second kappa shape index (κ2) is 8.31. The van der Waals surface area contributed by atoms with Gasteiger partial charge in [0, 0.05) is 26.2 Å². The van der Waals surface area contributed by atoms with Crippen LogP contribution in [0.25, 0.3) is 0 Å². The van der Waals surface area contributed by atoms with E-state index in [1.54, 1.807) is 0 Å². The molecule has 1 atom stereocenters. The summed E-state index contributed by atoms with van der Waals surface area (Å²) in [5.41, 5.74) is -0.588. The van der Waals surface area contributed by atoms with Crippen LogP contribution in [0.15, 0.2) is 23.1 Å². The fraction of sp³-hybridized carbons (Fsp3) is 0.467. The molecule has 0 bridgehead atoms. The van der Waals surface area contributed by atoms with Gasteiger partial charge < -0.3 is 10.1 Å². The van der Waals surface area contributed by atoms with Gasteiger partial charge in [-0.3, -0.25) is 20.2 Å². The van der Waals surface area contributed by atoms with Crippen molar-refractivity contribution in [1.29, 1.82) is 0 Å². The van der Waals surface area contributed by atoms with Crippen LogP contribution in [0.2, 0.25) is 0 Å². The number of hydrogen-bond acceptors (Lipinski definition) is 7. The highest BCUT2D eigenvalue weighted by molar-refractivity contribution is 7.89. The molecule has 1 fully saturated rings. The lowest BCUT2D eigenvalue weighted by Crippen LogP contribution is -2.44. The Kier molecular flexibility index (Phi) is 6.33. The van der Waals surface area contributed by atoms with Gasteiger partial charge in [-0.2, -0.15) is 4.31 Å². The molecular weight excluding hydrogens is 380 g/mol. The second-order valence-electron chi connectivity index (χ2n) is 5.83. The molecule has 1 aromatic rings. The van der Waals surface area contributed by atoms with E-state index in [1.807, 2.05) is 5.32 Å². The summed E-state index contributed by atoms with van der Waals surface area (Å²) < 4.78 is 31.7. The van der Waals surface area contributed by atoms with Gasteiger partial charge >= 0.3 is 11.7 Å². The van der Waals surface area contributed by atoms with Gasteiger partial charge in [-0.05, 0) is 31.9 Å². The number of urea groups is 1. The van der Waals surface area contributed by atoms with Gasteiger partial charge in [0.1, 0.15) is 0 Å². The number of nitro groups is 1. The first-order valence-corrected chi connectivity index (χ1v) is 9.58. The molecule has 0 spiro atoms. The standard InChI is InChI=1S/C15H20N4O7S/c1-10(14(20)17-15(21)16-2)26-13-6-5-11(9-12(13)19(22)23)27(24,25)18-7-3-4-8-18/h5-6,9-10H,3-4,7-8H2,1-2H3,(H2,16,17,20,21). The summed E-state index contributed by atoms with van der Waals surface area (Å²) in [5, 5.41) is 15.5. The molecule has 1 aromatic carbocycles. The number of benzene rings is 1. The number of rotatable bonds is 6. The molecule has 1 unspecified atom stereocenters. The number of nitrogens with zero attached hydrogens (tertiary/aromatic N) is 2. The van der Waals surface area contributed by atoms with Gasteiger partial charge in [0.25, 0.3) is 5.91 Å². The Balaban J connectivity index is 2.26. The maximum absolute atomic E-state index is 12.6. The first-order chi connectivity index (χ1) is 12.7. The Morgan fingerprint density at radius 1 is 1.30 bits per heavy atom. The van der Waals surface area contributed by atoms with Gasteiger partial charge in [-0.1, -0.05) is 0 Å². The summed E-state index contributed by atoms with van der Waals surface area (Å²) in [7, 11) is -2.52. The van der Waals surface area contributed by atoms with Crippen LogP contribution in [0.1, 0.15) is 19.8 Å². The van der Waals surface area contributed by atoms with Crippen LogP contribution in [-0.4, -0.2) is 55.8 Å². The van der Waals surface area contributed by atoms with E-state index >= 15 is 0 Å². The zero-order chi connectivity index (χ0) is 20.2. The number of carbonyl (C=O) groups excluding carboxylic acids is 2. The van der Waals surface area contributed by atoms with E-state index in [0.29, 0.717) is 13.1 Å². The van der Waals surface area contributed by atoms with Crippen LogP contribution in [0.5, 0.6) is 5.75 Å². The molecule has 27 heavy (non-hydrogen) atoms. The molecule has 1 saturated heterocycles. The summed E-state index contributed by atoms with van der Waals surface area (Å²) in [4.78, 5) is 33.3. The predicted molar refractivity (Wildman–Crippen MR) is 93.8 cm³/mol. The van der Waals surface area contributed by atoms with Crippen molar-refractivity contribution in [2.45, 2.75) is 30.8 Å². The highest BCUT2D eigenvalue weighted by Crippen LogP contribution is 2.32. The van der Waals surface area contributed by atoms with Crippen molar-refractivity contribution < 1.29 is 27.7 Å². The monoisotopic (exact) mass is 400 g/mol. The molecule has 1 aliphatic heterocycles. The molecule has 12 heteroatoms. The molecule has 11 nitrogen and oxygen atoms in total. The molecule has 2 N–H and O–H groups in total. The number of hydrogen-bond donors (Lipinski definition) is 2. The molecule has 0 radical (unpaired) electrons. The highest BCUT2D eigenvalue weighted by Gasteiger charge is 2.30. The third-order valence-electron chi connectivity index (χ3n) is 3.97.